The lowest BCUT2D eigenvalue weighted by molar-refractivity contribution is -0.124. The molecule has 3 unspecified atom stereocenters. The largest absolute Gasteiger partial charge is 0.394 e. The Hall–Kier alpha value is -1.69. The first-order valence-electron chi connectivity index (χ1n) is 22.9. The minimum Gasteiger partial charge on any atom is -0.394 e. The third-order valence-corrected chi connectivity index (χ3v) is 10.3. The van der Waals surface area contributed by atoms with Gasteiger partial charge in [-0.15, -0.1) is 0 Å². The SMILES string of the molecule is CCCCCCCCCCC/C=C\CCCCCCCC(O)CC(=O)NC(CO)C(O)/C=C/CC/C=C/CC/C=C/CCCCCCCCCCCC. The highest BCUT2D eigenvalue weighted by Crippen LogP contribution is 2.14. The van der Waals surface area contributed by atoms with Gasteiger partial charge in [0.15, 0.2) is 0 Å². The molecule has 3 atom stereocenters. The molecule has 0 radical (unpaired) electrons. The summed E-state index contributed by atoms with van der Waals surface area (Å²) in [7, 11) is 0. The van der Waals surface area contributed by atoms with Crippen LogP contribution >= 0.6 is 0 Å². The van der Waals surface area contributed by atoms with Crippen molar-refractivity contribution in [3.8, 4) is 0 Å². The number of hydrogen-bond acceptors (Lipinski definition) is 4. The normalized spacial score (nSPS) is 14.0. The predicted molar refractivity (Wildman–Crippen MR) is 231 cm³/mol. The van der Waals surface area contributed by atoms with Gasteiger partial charge in [0, 0.05) is 0 Å². The molecule has 5 heteroatoms. The lowest BCUT2D eigenvalue weighted by atomic mass is 10.0. The third kappa shape index (κ3) is 39.8. The van der Waals surface area contributed by atoms with Crippen LogP contribution in [-0.4, -0.2) is 46.1 Å². The molecule has 4 N–H and O–H groups in total. The second-order valence-electron chi connectivity index (χ2n) is 15.6. The molecule has 0 bridgehead atoms. The third-order valence-electron chi connectivity index (χ3n) is 10.3. The quantitative estimate of drug-likeness (QED) is 0.0371. The van der Waals surface area contributed by atoms with Crippen molar-refractivity contribution in [2.75, 3.05) is 6.61 Å². The van der Waals surface area contributed by atoms with Crippen LogP contribution in [0, 0.1) is 0 Å². The lowest BCUT2D eigenvalue weighted by Gasteiger charge is -2.20. The van der Waals surface area contributed by atoms with E-state index in [1.165, 1.54) is 148 Å². The molecular formula is C48H89NO4. The van der Waals surface area contributed by atoms with E-state index in [1.807, 2.05) is 6.08 Å². The van der Waals surface area contributed by atoms with Crippen molar-refractivity contribution in [3.05, 3.63) is 48.6 Å². The fourth-order valence-corrected chi connectivity index (χ4v) is 6.78. The van der Waals surface area contributed by atoms with Crippen LogP contribution < -0.4 is 5.32 Å². The summed E-state index contributed by atoms with van der Waals surface area (Å²) < 4.78 is 0. The summed E-state index contributed by atoms with van der Waals surface area (Å²) in [6.07, 6.45) is 55.4. The minimum atomic E-state index is -0.962. The van der Waals surface area contributed by atoms with Gasteiger partial charge in [-0.1, -0.05) is 197 Å². The molecular weight excluding hydrogens is 655 g/mol. The zero-order valence-corrected chi connectivity index (χ0v) is 35.1. The van der Waals surface area contributed by atoms with Crippen LogP contribution in [0.5, 0.6) is 0 Å². The average Bonchev–Trinajstić information content (AvgIpc) is 3.15. The number of allylic oxidation sites excluding steroid dienone is 7. The van der Waals surface area contributed by atoms with Crippen molar-refractivity contribution in [3.63, 3.8) is 0 Å². The summed E-state index contributed by atoms with van der Waals surface area (Å²) in [6.45, 7) is 4.20. The Kier molecular flexibility index (Phi) is 41.7. The van der Waals surface area contributed by atoms with E-state index in [2.05, 4.69) is 55.6 Å². The van der Waals surface area contributed by atoms with Crippen LogP contribution in [0.3, 0.4) is 0 Å². The van der Waals surface area contributed by atoms with E-state index >= 15 is 0 Å². The van der Waals surface area contributed by atoms with E-state index in [0.717, 1.165) is 51.4 Å². The van der Waals surface area contributed by atoms with E-state index in [0.29, 0.717) is 6.42 Å². The van der Waals surface area contributed by atoms with Gasteiger partial charge < -0.3 is 20.6 Å². The molecule has 0 saturated heterocycles. The fraction of sp³-hybridized carbons (Fsp3) is 0.812. The van der Waals surface area contributed by atoms with Crippen molar-refractivity contribution >= 4 is 5.91 Å². The fourth-order valence-electron chi connectivity index (χ4n) is 6.78. The van der Waals surface area contributed by atoms with Gasteiger partial charge >= 0.3 is 0 Å². The zero-order chi connectivity index (χ0) is 38.7. The Bertz CT molecular complexity index is 866. The first-order valence-corrected chi connectivity index (χ1v) is 22.9. The number of carbonyl (C=O) groups excluding carboxylic acids is 1. The van der Waals surface area contributed by atoms with E-state index in [4.69, 9.17) is 0 Å². The number of unbranched alkanes of at least 4 members (excludes halogenated alkanes) is 26. The summed E-state index contributed by atoms with van der Waals surface area (Å²) in [5.74, 6) is -0.335. The summed E-state index contributed by atoms with van der Waals surface area (Å²) >= 11 is 0. The molecule has 0 saturated carbocycles. The smallest absolute Gasteiger partial charge is 0.222 e. The first kappa shape index (κ1) is 51.3. The maximum atomic E-state index is 12.4. The van der Waals surface area contributed by atoms with E-state index in [-0.39, 0.29) is 18.9 Å². The first-order chi connectivity index (χ1) is 26.0. The molecule has 0 aliphatic heterocycles. The van der Waals surface area contributed by atoms with Gasteiger partial charge in [0.25, 0.3) is 0 Å². The van der Waals surface area contributed by atoms with Crippen LogP contribution in [0.4, 0.5) is 0 Å². The standard InChI is InChI=1S/C48H89NO4/c1-3-5-7-9-11-13-15-17-19-21-23-24-26-28-30-32-34-36-38-40-42-47(52)46(44-50)49-48(53)43-45(51)41-39-37-35-33-31-29-27-25-22-20-18-16-14-12-10-8-6-4-2/h24-27,32,34,40,42,45-47,50-52H,3-23,28-31,33,35-39,41,43-44H2,1-2H3,(H,49,53)/b26-24+,27-25-,34-32+,42-40+. The van der Waals surface area contributed by atoms with E-state index in [9.17, 15) is 20.1 Å². The minimum absolute atomic E-state index is 0.00399. The van der Waals surface area contributed by atoms with E-state index in [1.54, 1.807) is 6.08 Å². The molecule has 53 heavy (non-hydrogen) atoms. The van der Waals surface area contributed by atoms with Crippen LogP contribution in [0.2, 0.25) is 0 Å². The average molecular weight is 744 g/mol. The predicted octanol–water partition coefficient (Wildman–Crippen LogP) is 13.3. The number of hydrogen-bond donors (Lipinski definition) is 4. The Morgan fingerprint density at radius 2 is 0.811 bits per heavy atom. The molecule has 1 amide bonds. The van der Waals surface area contributed by atoms with Crippen molar-refractivity contribution in [2.24, 2.45) is 0 Å². The van der Waals surface area contributed by atoms with Gasteiger partial charge in [-0.25, -0.2) is 0 Å². The number of nitrogens with one attached hydrogen (secondary N) is 1. The molecule has 310 valence electrons. The summed E-state index contributed by atoms with van der Waals surface area (Å²) in [4.78, 5) is 12.4. The van der Waals surface area contributed by atoms with Gasteiger partial charge in [-0.2, -0.15) is 0 Å². The second-order valence-corrected chi connectivity index (χ2v) is 15.6. The summed E-state index contributed by atoms with van der Waals surface area (Å²) in [5.41, 5.74) is 0. The highest BCUT2D eigenvalue weighted by Gasteiger charge is 2.20. The van der Waals surface area contributed by atoms with Gasteiger partial charge in [-0.3, -0.25) is 4.79 Å². The highest BCUT2D eigenvalue weighted by atomic mass is 16.3. The number of aliphatic hydroxyl groups excluding tert-OH is 3. The zero-order valence-electron chi connectivity index (χ0n) is 35.1. The summed E-state index contributed by atoms with van der Waals surface area (Å²) in [6, 6.07) is -0.771. The number of aliphatic hydroxyl groups is 3. The Labute approximate surface area is 329 Å². The van der Waals surface area contributed by atoms with Crippen LogP contribution in [0.1, 0.15) is 226 Å². The summed E-state index contributed by atoms with van der Waals surface area (Å²) in [5, 5.41) is 33.2. The van der Waals surface area contributed by atoms with Crippen molar-refractivity contribution in [1.82, 2.24) is 5.32 Å². The van der Waals surface area contributed by atoms with Crippen molar-refractivity contribution in [1.29, 1.82) is 0 Å². The van der Waals surface area contributed by atoms with Crippen LogP contribution in [-0.2, 0) is 4.79 Å². The molecule has 0 aliphatic rings. The maximum Gasteiger partial charge on any atom is 0.222 e. The Morgan fingerprint density at radius 3 is 1.21 bits per heavy atom. The van der Waals surface area contributed by atoms with Gasteiger partial charge in [0.05, 0.1) is 31.3 Å². The van der Waals surface area contributed by atoms with Crippen molar-refractivity contribution in [2.45, 2.75) is 244 Å². The highest BCUT2D eigenvalue weighted by molar-refractivity contribution is 5.76. The lowest BCUT2D eigenvalue weighted by Crippen LogP contribution is -2.45. The van der Waals surface area contributed by atoms with Gasteiger partial charge in [0.1, 0.15) is 0 Å². The molecule has 0 rings (SSSR count). The van der Waals surface area contributed by atoms with E-state index < -0.39 is 18.2 Å². The van der Waals surface area contributed by atoms with Gasteiger partial charge in [0.2, 0.25) is 5.91 Å². The Balaban J connectivity index is 3.75. The van der Waals surface area contributed by atoms with Crippen LogP contribution in [0.25, 0.3) is 0 Å². The molecule has 0 fully saturated rings. The topological polar surface area (TPSA) is 89.8 Å². The number of amides is 1. The maximum absolute atomic E-state index is 12.4. The van der Waals surface area contributed by atoms with Crippen molar-refractivity contribution < 1.29 is 20.1 Å². The Morgan fingerprint density at radius 1 is 0.472 bits per heavy atom. The molecule has 0 aromatic carbocycles. The molecule has 0 aliphatic carbocycles. The number of carbonyl (C=O) groups is 1. The second kappa shape index (κ2) is 43.0. The molecule has 0 aromatic rings. The molecule has 0 spiro atoms. The van der Waals surface area contributed by atoms with Gasteiger partial charge in [-0.05, 0) is 70.6 Å². The van der Waals surface area contributed by atoms with Crippen LogP contribution in [0.15, 0.2) is 48.6 Å². The molecule has 0 aromatic heterocycles. The monoisotopic (exact) mass is 744 g/mol. The molecule has 0 heterocycles. The molecule has 5 nitrogen and oxygen atoms in total. The number of rotatable bonds is 41.